The number of rotatable bonds is 9. The van der Waals surface area contributed by atoms with Gasteiger partial charge in [0.25, 0.3) is 0 Å². The molecule has 2 aromatic rings. The first-order valence-electron chi connectivity index (χ1n) is 12.2. The van der Waals surface area contributed by atoms with E-state index in [0.29, 0.717) is 29.8 Å². The van der Waals surface area contributed by atoms with Crippen LogP contribution in [0.25, 0.3) is 0 Å². The molecule has 0 heterocycles. The molecule has 180 valence electrons. The van der Waals surface area contributed by atoms with Gasteiger partial charge in [0.1, 0.15) is 11.5 Å². The van der Waals surface area contributed by atoms with Crippen LogP contribution >= 0.6 is 7.37 Å². The fourth-order valence-corrected chi connectivity index (χ4v) is 6.07. The Balaban J connectivity index is 1.33. The zero-order valence-corrected chi connectivity index (χ0v) is 20.7. The van der Waals surface area contributed by atoms with Gasteiger partial charge in [-0.05, 0) is 97.2 Å². The van der Waals surface area contributed by atoms with Crippen molar-refractivity contribution in [2.24, 2.45) is 5.92 Å². The van der Waals surface area contributed by atoms with Crippen molar-refractivity contribution in [3.63, 3.8) is 0 Å². The van der Waals surface area contributed by atoms with Crippen LogP contribution in [0.3, 0.4) is 0 Å². The summed E-state index contributed by atoms with van der Waals surface area (Å²) in [6.07, 6.45) is 7.47. The summed E-state index contributed by atoms with van der Waals surface area (Å²) in [5, 5.41) is 10.3. The highest BCUT2D eigenvalue weighted by atomic mass is 31.2. The smallest absolute Gasteiger partial charge is 0.200 e. The lowest BCUT2D eigenvalue weighted by atomic mass is 9.72. The molecule has 4 rings (SSSR count). The van der Waals surface area contributed by atoms with E-state index in [0.717, 1.165) is 24.5 Å². The summed E-state index contributed by atoms with van der Waals surface area (Å²) in [6.45, 7) is 1.93. The lowest BCUT2D eigenvalue weighted by Gasteiger charge is -2.34. The Hall–Kier alpha value is -1.81. The molecule has 33 heavy (non-hydrogen) atoms. The van der Waals surface area contributed by atoms with Crippen LogP contribution < -0.4 is 9.47 Å². The Bertz CT molecular complexity index is 972. The molecule has 2 saturated carbocycles. The number of ether oxygens (including phenoxy) is 2. The first-order chi connectivity index (χ1) is 15.8. The standard InChI is InChI=1S/C27H37O5P/c1-31-23-13-14-25(20-5-3-6-20)26(16-23)21-11-9-19(10-12-21)17-32-24-8-4-7-22(15-24)27(28)18-33(2,29)30/h4,7-8,13-16,19-21,27-28H,3,5-6,9-12,17-18H2,1-2H3,(H,29,30)/t19?,21?,27-/m1/s1. The predicted molar refractivity (Wildman–Crippen MR) is 132 cm³/mol. The molecule has 2 aliphatic rings. The van der Waals surface area contributed by atoms with E-state index in [1.807, 2.05) is 12.1 Å². The van der Waals surface area contributed by atoms with Crippen LogP contribution in [0.1, 0.15) is 79.6 Å². The molecular formula is C27H37O5P. The van der Waals surface area contributed by atoms with Gasteiger partial charge in [-0.25, -0.2) is 0 Å². The van der Waals surface area contributed by atoms with Crippen molar-refractivity contribution in [1.82, 2.24) is 0 Å². The van der Waals surface area contributed by atoms with E-state index < -0.39 is 13.5 Å². The number of hydrogen-bond donors (Lipinski definition) is 2. The van der Waals surface area contributed by atoms with Gasteiger partial charge in [0.05, 0.1) is 26.0 Å². The van der Waals surface area contributed by atoms with E-state index in [9.17, 15) is 14.6 Å². The first-order valence-corrected chi connectivity index (χ1v) is 14.5. The van der Waals surface area contributed by atoms with Crippen molar-refractivity contribution in [3.8, 4) is 11.5 Å². The highest BCUT2D eigenvalue weighted by Crippen LogP contribution is 2.45. The van der Waals surface area contributed by atoms with Gasteiger partial charge < -0.3 is 19.5 Å². The highest BCUT2D eigenvalue weighted by Gasteiger charge is 2.29. The van der Waals surface area contributed by atoms with Gasteiger partial charge in [0.2, 0.25) is 7.37 Å². The minimum absolute atomic E-state index is 0.145. The third kappa shape index (κ3) is 6.41. The summed E-state index contributed by atoms with van der Waals surface area (Å²) in [6, 6.07) is 13.9. The lowest BCUT2D eigenvalue weighted by Crippen LogP contribution is -2.21. The Morgan fingerprint density at radius 2 is 1.70 bits per heavy atom. The molecule has 1 unspecified atom stereocenters. The zero-order valence-electron chi connectivity index (χ0n) is 19.8. The van der Waals surface area contributed by atoms with Crippen LogP contribution in [-0.2, 0) is 4.57 Å². The van der Waals surface area contributed by atoms with Crippen molar-refractivity contribution in [1.29, 1.82) is 0 Å². The number of benzene rings is 2. The summed E-state index contributed by atoms with van der Waals surface area (Å²) in [5.41, 5.74) is 3.66. The molecule has 0 bridgehead atoms. The Labute approximate surface area is 197 Å². The summed E-state index contributed by atoms with van der Waals surface area (Å²) < 4.78 is 23.2. The monoisotopic (exact) mass is 472 g/mol. The van der Waals surface area contributed by atoms with E-state index in [-0.39, 0.29) is 6.16 Å². The molecule has 0 radical (unpaired) electrons. The number of aliphatic hydroxyl groups excluding tert-OH is 1. The number of hydrogen-bond acceptors (Lipinski definition) is 4. The second-order valence-electron chi connectivity index (χ2n) is 9.97. The van der Waals surface area contributed by atoms with Gasteiger partial charge in [-0.15, -0.1) is 0 Å². The number of methoxy groups -OCH3 is 1. The second-order valence-corrected chi connectivity index (χ2v) is 12.4. The maximum Gasteiger partial charge on any atom is 0.200 e. The van der Waals surface area contributed by atoms with Crippen molar-refractivity contribution in [3.05, 3.63) is 59.2 Å². The Morgan fingerprint density at radius 1 is 0.970 bits per heavy atom. The summed E-state index contributed by atoms with van der Waals surface area (Å²) in [5.74, 6) is 3.50. The average Bonchev–Trinajstić information content (AvgIpc) is 2.76. The van der Waals surface area contributed by atoms with E-state index in [1.54, 1.807) is 19.2 Å². The molecule has 5 nitrogen and oxygen atoms in total. The Kier molecular flexibility index (Phi) is 7.83. The summed E-state index contributed by atoms with van der Waals surface area (Å²) in [4.78, 5) is 9.55. The molecule has 0 spiro atoms. The molecule has 2 atom stereocenters. The summed E-state index contributed by atoms with van der Waals surface area (Å²) in [7, 11) is -1.54. The number of aliphatic hydroxyl groups is 1. The maximum absolute atomic E-state index is 11.6. The third-order valence-electron chi connectivity index (χ3n) is 7.37. The lowest BCUT2D eigenvalue weighted by molar-refractivity contribution is 0.191. The summed E-state index contributed by atoms with van der Waals surface area (Å²) >= 11 is 0. The molecule has 0 amide bonds. The fraction of sp³-hybridized carbons (Fsp3) is 0.556. The van der Waals surface area contributed by atoms with Gasteiger partial charge in [-0.3, -0.25) is 4.57 Å². The average molecular weight is 473 g/mol. The van der Waals surface area contributed by atoms with Crippen molar-refractivity contribution in [2.45, 2.75) is 62.9 Å². The minimum Gasteiger partial charge on any atom is -0.497 e. The van der Waals surface area contributed by atoms with Gasteiger partial charge in [0.15, 0.2) is 0 Å². The van der Waals surface area contributed by atoms with Crippen LogP contribution in [0, 0.1) is 5.92 Å². The fourth-order valence-electron chi connectivity index (χ4n) is 5.22. The van der Waals surface area contributed by atoms with Gasteiger partial charge >= 0.3 is 0 Å². The van der Waals surface area contributed by atoms with Gasteiger partial charge in [-0.1, -0.05) is 24.6 Å². The van der Waals surface area contributed by atoms with Crippen LogP contribution in [0.15, 0.2) is 42.5 Å². The second kappa shape index (κ2) is 10.6. The molecule has 6 heteroatoms. The van der Waals surface area contributed by atoms with Crippen LogP contribution in [0.4, 0.5) is 0 Å². The van der Waals surface area contributed by atoms with E-state index in [1.165, 1.54) is 49.9 Å². The van der Waals surface area contributed by atoms with E-state index in [2.05, 4.69) is 18.2 Å². The van der Waals surface area contributed by atoms with Crippen LogP contribution in [0.5, 0.6) is 11.5 Å². The molecule has 2 aromatic carbocycles. The minimum atomic E-state index is -3.28. The SMILES string of the molecule is COc1ccc(C2CCC2)c(C2CCC(COc3cccc([C@H](O)CP(C)(=O)O)c3)CC2)c1. The van der Waals surface area contributed by atoms with Crippen LogP contribution in [-0.4, -0.2) is 36.5 Å². The van der Waals surface area contributed by atoms with Gasteiger partial charge in [-0.2, -0.15) is 0 Å². The Morgan fingerprint density at radius 3 is 2.33 bits per heavy atom. The van der Waals surface area contributed by atoms with E-state index in [4.69, 9.17) is 9.47 Å². The quantitative estimate of drug-likeness (QED) is 0.422. The van der Waals surface area contributed by atoms with E-state index >= 15 is 0 Å². The molecule has 2 fully saturated rings. The molecule has 0 aromatic heterocycles. The molecule has 0 saturated heterocycles. The molecule has 2 aliphatic carbocycles. The molecule has 0 aliphatic heterocycles. The highest BCUT2D eigenvalue weighted by molar-refractivity contribution is 7.57. The predicted octanol–water partition coefficient (Wildman–Crippen LogP) is 6.25. The molecular weight excluding hydrogens is 435 g/mol. The topological polar surface area (TPSA) is 76.0 Å². The molecule has 2 N–H and O–H groups in total. The normalized spacial score (nSPS) is 23.9. The third-order valence-corrected chi connectivity index (χ3v) is 8.39. The maximum atomic E-state index is 11.6. The van der Waals surface area contributed by atoms with Crippen molar-refractivity contribution in [2.75, 3.05) is 26.5 Å². The van der Waals surface area contributed by atoms with Crippen molar-refractivity contribution >= 4 is 7.37 Å². The first kappa shape index (κ1) is 24.3. The largest absolute Gasteiger partial charge is 0.497 e. The van der Waals surface area contributed by atoms with Crippen molar-refractivity contribution < 1.29 is 24.0 Å². The zero-order chi connectivity index (χ0) is 23.4. The van der Waals surface area contributed by atoms with Gasteiger partial charge in [0, 0.05) is 6.66 Å². The van der Waals surface area contributed by atoms with Crippen LogP contribution in [0.2, 0.25) is 0 Å².